The third-order valence-corrected chi connectivity index (χ3v) is 6.36. The molecule has 2 saturated heterocycles. The lowest BCUT2D eigenvalue weighted by Gasteiger charge is -2.35. The SMILES string of the molecule is O=C(O)C1CCO[C@H]1C1CCN(C(=O)CCc2cc(Cl)cs2)CC1. The average molecular weight is 372 g/mol. The molecule has 3 heterocycles. The molecule has 1 N–H and O–H groups in total. The normalized spacial score (nSPS) is 25.1. The summed E-state index contributed by atoms with van der Waals surface area (Å²) in [7, 11) is 0. The number of hydrogen-bond acceptors (Lipinski definition) is 4. The topological polar surface area (TPSA) is 66.8 Å². The van der Waals surface area contributed by atoms with E-state index in [9.17, 15) is 14.7 Å². The number of thiophene rings is 1. The quantitative estimate of drug-likeness (QED) is 0.863. The zero-order valence-corrected chi connectivity index (χ0v) is 15.0. The Morgan fingerprint density at radius 2 is 2.08 bits per heavy atom. The van der Waals surface area contributed by atoms with E-state index in [4.69, 9.17) is 16.3 Å². The Balaban J connectivity index is 1.46. The third-order valence-electron chi connectivity index (χ3n) is 5.02. The van der Waals surface area contributed by atoms with Gasteiger partial charge in [-0.2, -0.15) is 0 Å². The van der Waals surface area contributed by atoms with Gasteiger partial charge in [-0.25, -0.2) is 0 Å². The standard InChI is InChI=1S/C17H22ClNO4S/c18-12-9-13(24-10-12)1-2-15(20)19-6-3-11(4-7-19)16-14(17(21)22)5-8-23-16/h9-11,14,16H,1-8H2,(H,21,22)/t14?,16-/m0/s1. The number of ether oxygens (including phenoxy) is 1. The van der Waals surface area contributed by atoms with Crippen LogP contribution in [0.4, 0.5) is 0 Å². The molecule has 2 aliphatic rings. The molecule has 0 radical (unpaired) electrons. The molecule has 1 unspecified atom stereocenters. The molecule has 7 heteroatoms. The fourth-order valence-electron chi connectivity index (χ4n) is 3.69. The Hall–Kier alpha value is -1.11. The first-order chi connectivity index (χ1) is 11.5. The van der Waals surface area contributed by atoms with E-state index in [0.29, 0.717) is 32.5 Å². The van der Waals surface area contributed by atoms with E-state index in [-0.39, 0.29) is 23.8 Å². The van der Waals surface area contributed by atoms with E-state index >= 15 is 0 Å². The van der Waals surface area contributed by atoms with Gasteiger partial charge in [0, 0.05) is 36.4 Å². The number of aliphatic carboxylic acids is 1. The molecule has 0 aliphatic carbocycles. The second-order valence-corrected chi connectivity index (χ2v) is 7.95. The summed E-state index contributed by atoms with van der Waals surface area (Å²) in [5.74, 6) is -0.736. The van der Waals surface area contributed by atoms with Crippen LogP contribution in [0.25, 0.3) is 0 Å². The van der Waals surface area contributed by atoms with Crippen molar-refractivity contribution in [3.63, 3.8) is 0 Å². The van der Waals surface area contributed by atoms with Crippen molar-refractivity contribution in [1.82, 2.24) is 4.90 Å². The molecule has 1 amide bonds. The Labute approximate surface area is 150 Å². The molecule has 2 aliphatic heterocycles. The summed E-state index contributed by atoms with van der Waals surface area (Å²) in [6, 6.07) is 1.91. The van der Waals surface area contributed by atoms with Gasteiger partial charge in [-0.1, -0.05) is 11.6 Å². The molecule has 2 atom stereocenters. The molecule has 5 nitrogen and oxygen atoms in total. The highest BCUT2D eigenvalue weighted by molar-refractivity contribution is 7.10. The third kappa shape index (κ3) is 4.10. The Morgan fingerprint density at radius 1 is 1.33 bits per heavy atom. The van der Waals surface area contributed by atoms with Crippen molar-refractivity contribution in [3.05, 3.63) is 21.3 Å². The Kier molecular flexibility index (Phi) is 5.79. The van der Waals surface area contributed by atoms with Crippen molar-refractivity contribution in [1.29, 1.82) is 0 Å². The lowest BCUT2D eigenvalue weighted by Crippen LogP contribution is -2.43. The van der Waals surface area contributed by atoms with Gasteiger partial charge in [0.2, 0.25) is 5.91 Å². The first kappa shape index (κ1) is 17.7. The van der Waals surface area contributed by atoms with Crippen molar-refractivity contribution in [2.75, 3.05) is 19.7 Å². The van der Waals surface area contributed by atoms with E-state index in [0.717, 1.165) is 29.2 Å². The molecule has 0 aromatic carbocycles. The number of carbonyl (C=O) groups excluding carboxylic acids is 1. The Bertz CT molecular complexity index is 597. The first-order valence-corrected chi connectivity index (χ1v) is 9.65. The summed E-state index contributed by atoms with van der Waals surface area (Å²) >= 11 is 7.48. The van der Waals surface area contributed by atoms with Gasteiger partial charge in [0.15, 0.2) is 0 Å². The molecular formula is C17H22ClNO4S. The molecule has 0 saturated carbocycles. The number of likely N-dealkylation sites (tertiary alicyclic amines) is 1. The van der Waals surface area contributed by atoms with E-state index in [1.807, 2.05) is 16.3 Å². The minimum atomic E-state index is -0.759. The van der Waals surface area contributed by atoms with Crippen LogP contribution in [-0.2, 0) is 20.7 Å². The number of amides is 1. The highest BCUT2D eigenvalue weighted by Crippen LogP contribution is 2.33. The maximum Gasteiger partial charge on any atom is 0.309 e. The maximum absolute atomic E-state index is 12.4. The Morgan fingerprint density at radius 3 is 2.71 bits per heavy atom. The van der Waals surface area contributed by atoms with E-state index in [1.54, 1.807) is 11.3 Å². The van der Waals surface area contributed by atoms with Gasteiger partial charge >= 0.3 is 5.97 Å². The number of carbonyl (C=O) groups is 2. The number of halogens is 1. The van der Waals surface area contributed by atoms with Crippen LogP contribution in [0.2, 0.25) is 5.02 Å². The number of hydrogen-bond donors (Lipinski definition) is 1. The molecule has 0 bridgehead atoms. The number of rotatable bonds is 5. The highest BCUT2D eigenvalue weighted by atomic mass is 35.5. The molecule has 132 valence electrons. The van der Waals surface area contributed by atoms with Crippen molar-refractivity contribution in [2.45, 2.75) is 38.2 Å². The molecule has 0 spiro atoms. The van der Waals surface area contributed by atoms with Gasteiger partial charge in [-0.3, -0.25) is 9.59 Å². The predicted molar refractivity (Wildman–Crippen MR) is 92.4 cm³/mol. The second kappa shape index (κ2) is 7.85. The molecule has 24 heavy (non-hydrogen) atoms. The van der Waals surface area contributed by atoms with Crippen LogP contribution in [-0.4, -0.2) is 47.7 Å². The minimum Gasteiger partial charge on any atom is -0.481 e. The number of nitrogens with zero attached hydrogens (tertiary/aromatic N) is 1. The van der Waals surface area contributed by atoms with Crippen LogP contribution < -0.4 is 0 Å². The highest BCUT2D eigenvalue weighted by Gasteiger charge is 2.40. The summed E-state index contributed by atoms with van der Waals surface area (Å²) in [6.45, 7) is 1.92. The number of piperidine rings is 1. The summed E-state index contributed by atoms with van der Waals surface area (Å²) in [6.07, 6.45) is 3.29. The van der Waals surface area contributed by atoms with Gasteiger partial charge in [0.05, 0.1) is 17.0 Å². The van der Waals surface area contributed by atoms with Crippen molar-refractivity contribution in [2.24, 2.45) is 11.8 Å². The minimum absolute atomic E-state index is 0.167. The van der Waals surface area contributed by atoms with Crippen LogP contribution >= 0.6 is 22.9 Å². The monoisotopic (exact) mass is 371 g/mol. The lowest BCUT2D eigenvalue weighted by atomic mass is 9.84. The largest absolute Gasteiger partial charge is 0.481 e. The van der Waals surface area contributed by atoms with Crippen molar-refractivity contribution >= 4 is 34.8 Å². The van der Waals surface area contributed by atoms with Crippen molar-refractivity contribution in [3.8, 4) is 0 Å². The number of carboxylic acids is 1. The summed E-state index contributed by atoms with van der Waals surface area (Å²) in [4.78, 5) is 26.7. The van der Waals surface area contributed by atoms with Gasteiger partial charge < -0.3 is 14.7 Å². The van der Waals surface area contributed by atoms with E-state index < -0.39 is 5.97 Å². The molecule has 1 aromatic heterocycles. The maximum atomic E-state index is 12.4. The average Bonchev–Trinajstić information content (AvgIpc) is 3.21. The fraction of sp³-hybridized carbons (Fsp3) is 0.647. The lowest BCUT2D eigenvalue weighted by molar-refractivity contribution is -0.146. The van der Waals surface area contributed by atoms with Crippen molar-refractivity contribution < 1.29 is 19.4 Å². The smallest absolute Gasteiger partial charge is 0.309 e. The summed E-state index contributed by atoms with van der Waals surface area (Å²) < 4.78 is 5.67. The van der Waals surface area contributed by atoms with Crippen LogP contribution in [0.15, 0.2) is 11.4 Å². The second-order valence-electron chi connectivity index (χ2n) is 6.52. The van der Waals surface area contributed by atoms with Gasteiger partial charge in [0.25, 0.3) is 0 Å². The van der Waals surface area contributed by atoms with Gasteiger partial charge in [-0.15, -0.1) is 11.3 Å². The molecule has 3 rings (SSSR count). The van der Waals surface area contributed by atoms with Crippen LogP contribution in [0.1, 0.15) is 30.6 Å². The summed E-state index contributed by atoms with van der Waals surface area (Å²) in [5, 5.41) is 11.9. The zero-order valence-electron chi connectivity index (χ0n) is 13.4. The fourth-order valence-corrected chi connectivity index (χ4v) is 4.77. The number of carboxylic acid groups (broad SMARTS) is 1. The molecule has 2 fully saturated rings. The number of aryl methyl sites for hydroxylation is 1. The molecular weight excluding hydrogens is 350 g/mol. The van der Waals surface area contributed by atoms with Crippen LogP contribution in [0, 0.1) is 11.8 Å². The van der Waals surface area contributed by atoms with E-state index in [2.05, 4.69) is 0 Å². The summed E-state index contributed by atoms with van der Waals surface area (Å²) in [5.41, 5.74) is 0. The van der Waals surface area contributed by atoms with Crippen LogP contribution in [0.5, 0.6) is 0 Å². The van der Waals surface area contributed by atoms with Crippen LogP contribution in [0.3, 0.4) is 0 Å². The first-order valence-electron chi connectivity index (χ1n) is 8.39. The van der Waals surface area contributed by atoms with E-state index in [1.165, 1.54) is 0 Å². The molecule has 1 aromatic rings. The van der Waals surface area contributed by atoms with Gasteiger partial charge in [0.1, 0.15) is 0 Å². The predicted octanol–water partition coefficient (Wildman–Crippen LogP) is 3.06. The van der Waals surface area contributed by atoms with Gasteiger partial charge in [-0.05, 0) is 37.7 Å². The zero-order chi connectivity index (χ0) is 17.1.